The predicted octanol–water partition coefficient (Wildman–Crippen LogP) is 1.85. The van der Waals surface area contributed by atoms with Crippen LogP contribution in [0.15, 0.2) is 24.3 Å². The Morgan fingerprint density at radius 3 is 2.20 bits per heavy atom. The highest BCUT2D eigenvalue weighted by molar-refractivity contribution is 5.85. The van der Waals surface area contributed by atoms with Gasteiger partial charge in [0.25, 0.3) is 0 Å². The monoisotopic (exact) mass is 279 g/mol. The Labute approximate surface area is 118 Å². The number of hydrogen-bond acceptors (Lipinski definition) is 3. The van der Waals surface area contributed by atoms with Gasteiger partial charge in [0, 0.05) is 0 Å². The van der Waals surface area contributed by atoms with Crippen molar-refractivity contribution in [3.05, 3.63) is 29.8 Å². The van der Waals surface area contributed by atoms with E-state index in [0.717, 1.165) is 5.56 Å². The van der Waals surface area contributed by atoms with Crippen molar-refractivity contribution in [2.24, 2.45) is 5.41 Å². The molecule has 0 aliphatic heterocycles. The second-order valence-electron chi connectivity index (χ2n) is 5.73. The molecular formula is C15H21NO4. The van der Waals surface area contributed by atoms with Crippen LogP contribution in [0.25, 0.3) is 0 Å². The molecule has 1 amide bonds. The standard InChI is InChI=1S/C15H21NO4/c1-15(2,3)13(14(18)19)16-12(17)9-10-5-7-11(20-4)8-6-10/h5-8,13H,9H2,1-4H3,(H,16,17)(H,18,19). The van der Waals surface area contributed by atoms with Crippen molar-refractivity contribution in [2.45, 2.75) is 33.2 Å². The molecule has 110 valence electrons. The van der Waals surface area contributed by atoms with Crippen molar-refractivity contribution >= 4 is 11.9 Å². The van der Waals surface area contributed by atoms with Crippen molar-refractivity contribution in [1.29, 1.82) is 0 Å². The van der Waals surface area contributed by atoms with Crippen molar-refractivity contribution in [2.75, 3.05) is 7.11 Å². The zero-order valence-corrected chi connectivity index (χ0v) is 12.3. The maximum absolute atomic E-state index is 11.9. The van der Waals surface area contributed by atoms with E-state index in [1.807, 2.05) is 0 Å². The molecule has 0 bridgehead atoms. The number of carboxylic acid groups (broad SMARTS) is 1. The molecule has 0 heterocycles. The zero-order valence-electron chi connectivity index (χ0n) is 12.3. The van der Waals surface area contributed by atoms with Crippen molar-refractivity contribution in [1.82, 2.24) is 5.32 Å². The largest absolute Gasteiger partial charge is 0.497 e. The molecule has 0 radical (unpaired) electrons. The number of nitrogens with one attached hydrogen (secondary N) is 1. The summed E-state index contributed by atoms with van der Waals surface area (Å²) in [5.41, 5.74) is 0.267. The van der Waals surface area contributed by atoms with E-state index in [2.05, 4.69) is 5.32 Å². The van der Waals surface area contributed by atoms with Gasteiger partial charge in [-0.3, -0.25) is 4.79 Å². The minimum atomic E-state index is -1.03. The van der Waals surface area contributed by atoms with Crippen LogP contribution in [0, 0.1) is 5.41 Å². The Balaban J connectivity index is 2.68. The van der Waals surface area contributed by atoms with Crippen LogP contribution in [0.2, 0.25) is 0 Å². The number of carboxylic acids is 1. The van der Waals surface area contributed by atoms with Crippen molar-refractivity contribution < 1.29 is 19.4 Å². The van der Waals surface area contributed by atoms with Gasteiger partial charge >= 0.3 is 5.97 Å². The second kappa shape index (κ2) is 6.41. The Hall–Kier alpha value is -2.04. The number of aliphatic carboxylic acids is 1. The van der Waals surface area contributed by atoms with Crippen molar-refractivity contribution in [3.63, 3.8) is 0 Å². The normalized spacial score (nSPS) is 12.6. The lowest BCUT2D eigenvalue weighted by atomic mass is 9.86. The molecule has 5 heteroatoms. The second-order valence-corrected chi connectivity index (χ2v) is 5.73. The van der Waals surface area contributed by atoms with E-state index >= 15 is 0 Å². The molecule has 1 rings (SSSR count). The number of methoxy groups -OCH3 is 1. The first-order valence-corrected chi connectivity index (χ1v) is 6.39. The summed E-state index contributed by atoms with van der Waals surface area (Å²) in [4.78, 5) is 23.1. The quantitative estimate of drug-likeness (QED) is 0.862. The smallest absolute Gasteiger partial charge is 0.326 e. The van der Waals surface area contributed by atoms with Crippen molar-refractivity contribution in [3.8, 4) is 5.75 Å². The number of ether oxygens (including phenoxy) is 1. The molecular weight excluding hydrogens is 258 g/mol. The summed E-state index contributed by atoms with van der Waals surface area (Å²) in [5.74, 6) is -0.620. The zero-order chi connectivity index (χ0) is 15.3. The van der Waals surface area contributed by atoms with Crippen LogP contribution in [-0.4, -0.2) is 30.1 Å². The predicted molar refractivity (Wildman–Crippen MR) is 75.7 cm³/mol. The molecule has 0 fully saturated rings. The molecule has 2 N–H and O–H groups in total. The van der Waals surface area contributed by atoms with Gasteiger partial charge in [-0.05, 0) is 23.1 Å². The van der Waals surface area contributed by atoms with Crippen LogP contribution in [0.1, 0.15) is 26.3 Å². The summed E-state index contributed by atoms with van der Waals surface area (Å²) < 4.78 is 5.04. The third-order valence-corrected chi connectivity index (χ3v) is 2.94. The first-order valence-electron chi connectivity index (χ1n) is 6.39. The minimum Gasteiger partial charge on any atom is -0.497 e. The molecule has 0 saturated heterocycles. The maximum atomic E-state index is 11.9. The highest BCUT2D eigenvalue weighted by atomic mass is 16.5. The summed E-state index contributed by atoms with van der Waals surface area (Å²) >= 11 is 0. The van der Waals surface area contributed by atoms with Gasteiger partial charge in [-0.1, -0.05) is 32.9 Å². The highest BCUT2D eigenvalue weighted by Gasteiger charge is 2.32. The van der Waals surface area contributed by atoms with Gasteiger partial charge in [-0.15, -0.1) is 0 Å². The summed E-state index contributed by atoms with van der Waals surface area (Å²) in [6.07, 6.45) is 0.143. The fourth-order valence-electron chi connectivity index (χ4n) is 1.79. The molecule has 1 unspecified atom stereocenters. The van der Waals surface area contributed by atoms with E-state index in [0.29, 0.717) is 5.75 Å². The van der Waals surface area contributed by atoms with Gasteiger partial charge in [0.1, 0.15) is 11.8 Å². The summed E-state index contributed by atoms with van der Waals surface area (Å²) in [7, 11) is 1.57. The molecule has 1 aromatic rings. The van der Waals surface area contributed by atoms with Crippen LogP contribution in [0.5, 0.6) is 5.75 Å². The average molecular weight is 279 g/mol. The molecule has 20 heavy (non-hydrogen) atoms. The van der Waals surface area contributed by atoms with E-state index < -0.39 is 17.4 Å². The molecule has 5 nitrogen and oxygen atoms in total. The topological polar surface area (TPSA) is 75.6 Å². The van der Waals surface area contributed by atoms with E-state index in [9.17, 15) is 9.59 Å². The number of amides is 1. The molecule has 0 spiro atoms. The summed E-state index contributed by atoms with van der Waals surface area (Å²) in [5, 5.41) is 11.7. The number of hydrogen-bond donors (Lipinski definition) is 2. The van der Waals surface area contributed by atoms with Gasteiger partial charge < -0.3 is 15.2 Å². The van der Waals surface area contributed by atoms with E-state index in [1.54, 1.807) is 52.1 Å². The number of rotatable bonds is 5. The third-order valence-electron chi connectivity index (χ3n) is 2.94. The lowest BCUT2D eigenvalue weighted by molar-refractivity contribution is -0.144. The molecule has 0 saturated carbocycles. The van der Waals surface area contributed by atoms with Gasteiger partial charge in [-0.2, -0.15) is 0 Å². The van der Waals surface area contributed by atoms with Crippen LogP contribution in [0.4, 0.5) is 0 Å². The molecule has 0 aromatic heterocycles. The Morgan fingerprint density at radius 2 is 1.80 bits per heavy atom. The molecule has 0 aliphatic rings. The van der Waals surface area contributed by atoms with Crippen LogP contribution in [-0.2, 0) is 16.0 Å². The molecule has 1 aromatic carbocycles. The summed E-state index contributed by atoms with van der Waals surface area (Å²) in [6.45, 7) is 5.33. The Morgan fingerprint density at radius 1 is 1.25 bits per heavy atom. The van der Waals surface area contributed by atoms with Gasteiger partial charge in [0.2, 0.25) is 5.91 Å². The lowest BCUT2D eigenvalue weighted by Crippen LogP contribution is -2.49. The maximum Gasteiger partial charge on any atom is 0.326 e. The van der Waals surface area contributed by atoms with Crippen LogP contribution < -0.4 is 10.1 Å². The Bertz CT molecular complexity index is 474. The summed E-state index contributed by atoms with van der Waals surface area (Å²) in [6, 6.07) is 6.19. The lowest BCUT2D eigenvalue weighted by Gasteiger charge is -2.27. The van der Waals surface area contributed by atoms with Gasteiger partial charge in [-0.25, -0.2) is 4.79 Å². The van der Waals surface area contributed by atoms with E-state index in [4.69, 9.17) is 9.84 Å². The fraction of sp³-hybridized carbons (Fsp3) is 0.467. The van der Waals surface area contributed by atoms with Crippen LogP contribution in [0.3, 0.4) is 0 Å². The SMILES string of the molecule is COc1ccc(CC(=O)NC(C(=O)O)C(C)(C)C)cc1. The first-order chi connectivity index (χ1) is 9.24. The highest BCUT2D eigenvalue weighted by Crippen LogP contribution is 2.19. The average Bonchev–Trinajstić information content (AvgIpc) is 2.35. The number of benzene rings is 1. The molecule has 1 atom stereocenters. The minimum absolute atomic E-state index is 0.143. The number of carbonyl (C=O) groups is 2. The van der Waals surface area contributed by atoms with Gasteiger partial charge in [0.15, 0.2) is 0 Å². The first kappa shape index (κ1) is 16.0. The van der Waals surface area contributed by atoms with E-state index in [-0.39, 0.29) is 12.3 Å². The number of carbonyl (C=O) groups excluding carboxylic acids is 1. The third kappa shape index (κ3) is 4.57. The molecule has 0 aliphatic carbocycles. The van der Waals surface area contributed by atoms with E-state index in [1.165, 1.54) is 0 Å². The van der Waals surface area contributed by atoms with Crippen LogP contribution >= 0.6 is 0 Å². The fourth-order valence-corrected chi connectivity index (χ4v) is 1.79. The Kier molecular flexibility index (Phi) is 5.13. The van der Waals surface area contributed by atoms with Gasteiger partial charge in [0.05, 0.1) is 13.5 Å².